The Kier molecular flexibility index (Phi) is 4.61. The summed E-state index contributed by atoms with van der Waals surface area (Å²) in [6.07, 6.45) is 3.36. The largest absolute Gasteiger partial charge is 0.351 e. The first kappa shape index (κ1) is 14.6. The van der Waals surface area contributed by atoms with Crippen LogP contribution in [-0.2, 0) is 11.3 Å². The lowest BCUT2D eigenvalue weighted by Crippen LogP contribution is -2.27. The minimum absolute atomic E-state index is 0.0155. The van der Waals surface area contributed by atoms with Crippen LogP contribution in [0.5, 0.6) is 0 Å². The smallest absolute Gasteiger partial charge is 0.269 e. The molecule has 6 heteroatoms. The van der Waals surface area contributed by atoms with E-state index < -0.39 is 4.92 Å². The number of carbonyl (C=O) groups is 1. The van der Waals surface area contributed by atoms with Gasteiger partial charge in [-0.2, -0.15) is 0 Å². The molecule has 1 aromatic carbocycles. The van der Waals surface area contributed by atoms with E-state index in [0.29, 0.717) is 6.54 Å². The van der Waals surface area contributed by atoms with Crippen LogP contribution in [0.2, 0.25) is 0 Å². The predicted molar refractivity (Wildman–Crippen MR) is 77.6 cm³/mol. The van der Waals surface area contributed by atoms with Crippen molar-refractivity contribution >= 4 is 11.6 Å². The van der Waals surface area contributed by atoms with E-state index in [9.17, 15) is 14.9 Å². The number of benzene rings is 1. The molecule has 0 bridgehead atoms. The molecule has 1 atom stereocenters. The lowest BCUT2D eigenvalue weighted by atomic mass is 10.00. The third kappa shape index (κ3) is 3.85. The lowest BCUT2D eigenvalue weighted by molar-refractivity contribution is -0.384. The second-order valence-electron chi connectivity index (χ2n) is 4.65. The quantitative estimate of drug-likeness (QED) is 0.675. The fourth-order valence-electron chi connectivity index (χ4n) is 1.88. The van der Waals surface area contributed by atoms with Gasteiger partial charge in [-0.05, 0) is 24.1 Å². The molecule has 0 saturated heterocycles. The number of nitro groups is 1. The van der Waals surface area contributed by atoms with Gasteiger partial charge in [-0.15, -0.1) is 0 Å². The predicted octanol–water partition coefficient (Wildman–Crippen LogP) is 2.41. The molecule has 1 aromatic heterocycles. The molecule has 0 radical (unpaired) electrons. The van der Waals surface area contributed by atoms with Crippen molar-refractivity contribution in [2.75, 3.05) is 0 Å². The van der Waals surface area contributed by atoms with Crippen molar-refractivity contribution in [3.05, 3.63) is 70.0 Å². The van der Waals surface area contributed by atoms with Crippen molar-refractivity contribution in [3.63, 3.8) is 0 Å². The minimum atomic E-state index is -0.461. The molecule has 0 saturated carbocycles. The van der Waals surface area contributed by atoms with Crippen molar-refractivity contribution in [1.82, 2.24) is 10.3 Å². The summed E-state index contributed by atoms with van der Waals surface area (Å²) in [5.74, 6) is -0.504. The molecule has 1 N–H and O–H groups in total. The van der Waals surface area contributed by atoms with Gasteiger partial charge in [0.05, 0.1) is 10.8 Å². The SMILES string of the molecule is C[C@H](C(=O)NCc1cccnc1)c1ccc([N+](=O)[O-])cc1. The number of rotatable bonds is 5. The highest BCUT2D eigenvalue weighted by Crippen LogP contribution is 2.19. The zero-order chi connectivity index (χ0) is 15.2. The first-order chi connectivity index (χ1) is 10.1. The topological polar surface area (TPSA) is 85.1 Å². The standard InChI is InChI=1S/C15H15N3O3/c1-11(13-4-6-14(7-5-13)18(20)21)15(19)17-10-12-3-2-8-16-9-12/h2-9,11H,10H2,1H3,(H,17,19)/t11-/m0/s1. The second-order valence-corrected chi connectivity index (χ2v) is 4.65. The molecule has 108 valence electrons. The summed E-state index contributed by atoms with van der Waals surface area (Å²) in [5.41, 5.74) is 1.67. The maximum Gasteiger partial charge on any atom is 0.269 e. The summed E-state index contributed by atoms with van der Waals surface area (Å²) in [6.45, 7) is 2.17. The molecule has 6 nitrogen and oxygen atoms in total. The molecule has 1 amide bonds. The molecule has 0 aliphatic rings. The van der Waals surface area contributed by atoms with Crippen LogP contribution in [0.3, 0.4) is 0 Å². The third-order valence-corrected chi connectivity index (χ3v) is 3.19. The maximum atomic E-state index is 12.1. The molecule has 0 spiro atoms. The molecule has 0 aliphatic carbocycles. The third-order valence-electron chi connectivity index (χ3n) is 3.19. The van der Waals surface area contributed by atoms with Crippen LogP contribution in [0, 0.1) is 10.1 Å². The monoisotopic (exact) mass is 285 g/mol. The summed E-state index contributed by atoms with van der Waals surface area (Å²) in [7, 11) is 0. The summed E-state index contributed by atoms with van der Waals surface area (Å²) in [4.78, 5) is 26.2. The normalized spacial score (nSPS) is 11.7. The van der Waals surface area contributed by atoms with E-state index in [4.69, 9.17) is 0 Å². The molecule has 0 aliphatic heterocycles. The summed E-state index contributed by atoms with van der Waals surface area (Å²) >= 11 is 0. The van der Waals surface area contributed by atoms with Crippen LogP contribution in [0.25, 0.3) is 0 Å². The molecule has 1 heterocycles. The van der Waals surface area contributed by atoms with E-state index in [-0.39, 0.29) is 17.5 Å². The van der Waals surface area contributed by atoms with Crippen LogP contribution in [0.1, 0.15) is 24.0 Å². The van der Waals surface area contributed by atoms with Gasteiger partial charge >= 0.3 is 0 Å². The van der Waals surface area contributed by atoms with Gasteiger partial charge in [0.2, 0.25) is 5.91 Å². The number of carbonyl (C=O) groups excluding carboxylic acids is 1. The number of nitrogens with one attached hydrogen (secondary N) is 1. The van der Waals surface area contributed by atoms with E-state index in [1.807, 2.05) is 6.07 Å². The Bertz CT molecular complexity index is 626. The van der Waals surface area contributed by atoms with Gasteiger partial charge in [0.25, 0.3) is 5.69 Å². The lowest BCUT2D eigenvalue weighted by Gasteiger charge is -2.12. The van der Waals surface area contributed by atoms with Crippen molar-refractivity contribution < 1.29 is 9.72 Å². The van der Waals surface area contributed by atoms with E-state index in [0.717, 1.165) is 11.1 Å². The van der Waals surface area contributed by atoms with Crippen molar-refractivity contribution in [2.24, 2.45) is 0 Å². The van der Waals surface area contributed by atoms with Gasteiger partial charge in [-0.1, -0.05) is 18.2 Å². The molecule has 0 unspecified atom stereocenters. The Hall–Kier alpha value is -2.76. The van der Waals surface area contributed by atoms with Crippen molar-refractivity contribution in [1.29, 1.82) is 0 Å². The Morgan fingerprint density at radius 1 is 1.33 bits per heavy atom. The highest BCUT2D eigenvalue weighted by atomic mass is 16.6. The van der Waals surface area contributed by atoms with Gasteiger partial charge in [0.15, 0.2) is 0 Å². The Labute approximate surface area is 122 Å². The Morgan fingerprint density at radius 2 is 2.05 bits per heavy atom. The number of pyridine rings is 1. The van der Waals surface area contributed by atoms with Gasteiger partial charge in [-0.25, -0.2) is 0 Å². The molecule has 0 fully saturated rings. The number of hydrogen-bond acceptors (Lipinski definition) is 4. The fourth-order valence-corrected chi connectivity index (χ4v) is 1.88. The number of nitro benzene ring substituents is 1. The average Bonchev–Trinajstić information content (AvgIpc) is 2.53. The van der Waals surface area contributed by atoms with Crippen molar-refractivity contribution in [3.8, 4) is 0 Å². The number of non-ortho nitro benzene ring substituents is 1. The molecule has 21 heavy (non-hydrogen) atoms. The van der Waals surface area contributed by atoms with Crippen LogP contribution in [0.15, 0.2) is 48.8 Å². The fraction of sp³-hybridized carbons (Fsp3) is 0.200. The first-order valence-electron chi connectivity index (χ1n) is 6.49. The maximum absolute atomic E-state index is 12.1. The van der Waals surface area contributed by atoms with E-state index in [2.05, 4.69) is 10.3 Å². The first-order valence-corrected chi connectivity index (χ1v) is 6.49. The number of hydrogen-bond donors (Lipinski definition) is 1. The number of aromatic nitrogens is 1. The van der Waals surface area contributed by atoms with Crippen LogP contribution >= 0.6 is 0 Å². The molecular formula is C15H15N3O3. The van der Waals surface area contributed by atoms with Gasteiger partial charge < -0.3 is 5.32 Å². The highest BCUT2D eigenvalue weighted by molar-refractivity contribution is 5.83. The summed E-state index contributed by atoms with van der Waals surface area (Å²) in [6, 6.07) is 9.70. The number of nitrogens with zero attached hydrogens (tertiary/aromatic N) is 2. The van der Waals surface area contributed by atoms with Gasteiger partial charge in [-0.3, -0.25) is 19.9 Å². The van der Waals surface area contributed by atoms with Crippen LogP contribution in [0.4, 0.5) is 5.69 Å². The van der Waals surface area contributed by atoms with Gasteiger partial charge in [0, 0.05) is 31.1 Å². The zero-order valence-electron chi connectivity index (χ0n) is 11.5. The number of amides is 1. The van der Waals surface area contributed by atoms with Crippen molar-refractivity contribution in [2.45, 2.75) is 19.4 Å². The van der Waals surface area contributed by atoms with Crippen LogP contribution < -0.4 is 5.32 Å². The summed E-state index contributed by atoms with van der Waals surface area (Å²) in [5, 5.41) is 13.4. The van der Waals surface area contributed by atoms with E-state index in [1.165, 1.54) is 12.1 Å². The highest BCUT2D eigenvalue weighted by Gasteiger charge is 2.16. The minimum Gasteiger partial charge on any atom is -0.351 e. The second kappa shape index (κ2) is 6.60. The Balaban J connectivity index is 1.97. The molecular weight excluding hydrogens is 270 g/mol. The van der Waals surface area contributed by atoms with Gasteiger partial charge in [0.1, 0.15) is 0 Å². The summed E-state index contributed by atoms with van der Waals surface area (Å²) < 4.78 is 0. The Morgan fingerprint density at radius 3 is 2.62 bits per heavy atom. The van der Waals surface area contributed by atoms with Crippen LogP contribution in [-0.4, -0.2) is 15.8 Å². The van der Waals surface area contributed by atoms with E-state index >= 15 is 0 Å². The van der Waals surface area contributed by atoms with E-state index in [1.54, 1.807) is 37.5 Å². The average molecular weight is 285 g/mol. The molecule has 2 aromatic rings. The zero-order valence-corrected chi connectivity index (χ0v) is 11.5. The molecule has 2 rings (SSSR count).